The van der Waals surface area contributed by atoms with Crippen molar-refractivity contribution in [3.05, 3.63) is 82.3 Å². The number of benzene rings is 1. The number of phenols is 1. The first-order chi connectivity index (χ1) is 27.8. The van der Waals surface area contributed by atoms with Crippen molar-refractivity contribution in [2.24, 2.45) is 23.7 Å². The van der Waals surface area contributed by atoms with Crippen LogP contribution in [-0.2, 0) is 23.3 Å². The van der Waals surface area contributed by atoms with Crippen molar-refractivity contribution in [1.29, 1.82) is 0 Å². The molecule has 3 aromatic rings. The van der Waals surface area contributed by atoms with Crippen molar-refractivity contribution >= 4 is 27.4 Å². The van der Waals surface area contributed by atoms with Crippen LogP contribution in [0.2, 0.25) is 0 Å². The average Bonchev–Trinajstić information content (AvgIpc) is 3.67. The van der Waals surface area contributed by atoms with Crippen molar-refractivity contribution in [3.63, 3.8) is 0 Å². The highest BCUT2D eigenvalue weighted by molar-refractivity contribution is 8.76. The van der Waals surface area contributed by atoms with Crippen molar-refractivity contribution in [2.75, 3.05) is 31.3 Å². The van der Waals surface area contributed by atoms with E-state index in [9.17, 15) is 25.5 Å². The number of aliphatic hydroxyl groups is 4. The number of aromatic nitrogens is 2. The van der Waals surface area contributed by atoms with E-state index in [0.29, 0.717) is 42.5 Å². The molecule has 0 saturated carbocycles. The van der Waals surface area contributed by atoms with E-state index in [1.165, 1.54) is 5.57 Å². The molecule has 0 radical (unpaired) electrons. The summed E-state index contributed by atoms with van der Waals surface area (Å²) in [5.74, 6) is 8.15. The largest absolute Gasteiger partial charge is 0.668 e. The topological polar surface area (TPSA) is 173 Å². The Balaban J connectivity index is 1.25. The predicted molar refractivity (Wildman–Crippen MR) is 226 cm³/mol. The molecule has 2 aromatic heterocycles. The number of phenolic OH excluding ortho intramolecular Hbond substituents is 1. The minimum atomic E-state index is -1.05. The second-order valence-electron chi connectivity index (χ2n) is 16.2. The molecule has 10 atom stereocenters. The average molecular weight is 817 g/mol. The standard InChI is InChI=1S/C45H58N3O7S2/c1-2-27-6-3-4-8-40(54-17-16-49)43-30(10-9-27)18-28-11-12-29-20-38(51)41(23-36(29)35(28)22-39(43)52)55-42-21-31(19-33-7-5-14-47-33)34-13-15-48-45(46)37(34)26-57-56-25-32(24-50)44(42)53/h5,7,13-15,18,20,23,27,30-32,35,39-40,42-44,49-53H,2-4,6,8,11-12,16-17,19,21-22,24-26H2,1H3,(H2,46,48)/q-1/t27-,30+,31+,32+,35-,39-,40+,42-,43+,44-/m1/s1. The molecule has 3 aliphatic carbocycles. The van der Waals surface area contributed by atoms with Crippen LogP contribution in [0, 0.1) is 35.5 Å². The van der Waals surface area contributed by atoms with E-state index in [0.717, 1.165) is 72.9 Å². The molecule has 57 heavy (non-hydrogen) atoms. The fraction of sp³-hybridized carbons (Fsp3) is 0.578. The van der Waals surface area contributed by atoms with Gasteiger partial charge in [-0.3, -0.25) is 0 Å². The fourth-order valence-corrected chi connectivity index (χ4v) is 12.0. The van der Waals surface area contributed by atoms with Gasteiger partial charge in [-0.1, -0.05) is 77.0 Å². The Morgan fingerprint density at radius 1 is 1.02 bits per heavy atom. The third-order valence-corrected chi connectivity index (χ3v) is 15.0. The van der Waals surface area contributed by atoms with Gasteiger partial charge in [-0.15, -0.1) is 0 Å². The van der Waals surface area contributed by atoms with Gasteiger partial charge in [-0.05, 0) is 92.2 Å². The number of nitrogen functional groups attached to an aromatic ring is 1. The molecule has 1 aromatic carbocycles. The van der Waals surface area contributed by atoms with Crippen LogP contribution in [0.1, 0.15) is 98.1 Å². The van der Waals surface area contributed by atoms with Gasteiger partial charge in [-0.2, -0.15) is 11.9 Å². The van der Waals surface area contributed by atoms with Gasteiger partial charge < -0.3 is 45.7 Å². The summed E-state index contributed by atoms with van der Waals surface area (Å²) in [6.45, 7) is 2.11. The van der Waals surface area contributed by atoms with Crippen molar-refractivity contribution in [1.82, 2.24) is 9.97 Å². The summed E-state index contributed by atoms with van der Waals surface area (Å²) >= 11 is 0. The molecule has 10 nitrogen and oxygen atoms in total. The Kier molecular flexibility index (Phi) is 14.5. The Bertz CT molecular complexity index is 1880. The molecule has 7 N–H and O–H groups in total. The minimum Gasteiger partial charge on any atom is -0.668 e. The number of nitrogens with two attached hydrogens (primary N) is 1. The van der Waals surface area contributed by atoms with Gasteiger partial charge in [0.2, 0.25) is 0 Å². The number of rotatable bonds is 9. The monoisotopic (exact) mass is 816 g/mol. The lowest BCUT2D eigenvalue weighted by molar-refractivity contribution is -0.0602. The van der Waals surface area contributed by atoms with E-state index in [1.807, 2.05) is 24.3 Å². The maximum Gasteiger partial charge on any atom is 0.161 e. The number of ether oxygens (including phenoxy) is 2. The van der Waals surface area contributed by atoms with Gasteiger partial charge >= 0.3 is 0 Å². The highest BCUT2D eigenvalue weighted by Gasteiger charge is 2.42. The van der Waals surface area contributed by atoms with Crippen LogP contribution in [0.5, 0.6) is 11.5 Å². The van der Waals surface area contributed by atoms with Crippen LogP contribution in [0.4, 0.5) is 5.82 Å². The number of allylic oxidation sites excluding steroid dienone is 2. The molecule has 4 aliphatic rings. The molecule has 308 valence electrons. The Labute approximate surface area is 344 Å². The summed E-state index contributed by atoms with van der Waals surface area (Å²) in [5.41, 5.74) is 12.6. The third-order valence-electron chi connectivity index (χ3n) is 12.6. The Morgan fingerprint density at radius 3 is 2.67 bits per heavy atom. The van der Waals surface area contributed by atoms with Crippen molar-refractivity contribution in [2.45, 2.75) is 113 Å². The number of fused-ring (bicyclic) bond motifs is 5. The van der Waals surface area contributed by atoms with Crippen molar-refractivity contribution < 1.29 is 35.0 Å². The molecule has 7 rings (SSSR count). The zero-order valence-corrected chi connectivity index (χ0v) is 34.5. The second-order valence-corrected chi connectivity index (χ2v) is 18.7. The number of aliphatic hydroxyl groups excluding tert-OH is 4. The summed E-state index contributed by atoms with van der Waals surface area (Å²) in [6, 6.07) is 9.60. The van der Waals surface area contributed by atoms with Gasteiger partial charge in [0.15, 0.2) is 11.5 Å². The number of aromatic hydroxyl groups is 1. The smallest absolute Gasteiger partial charge is 0.161 e. The van der Waals surface area contributed by atoms with Crippen LogP contribution >= 0.6 is 21.6 Å². The first-order valence-electron chi connectivity index (χ1n) is 20.8. The van der Waals surface area contributed by atoms with E-state index < -0.39 is 24.2 Å². The first kappa shape index (κ1) is 42.0. The van der Waals surface area contributed by atoms with E-state index in [4.69, 9.17) is 15.2 Å². The second kappa shape index (κ2) is 19.7. The van der Waals surface area contributed by atoms with E-state index in [1.54, 1.807) is 40.0 Å². The van der Waals surface area contributed by atoms with Crippen LogP contribution in [-0.4, -0.2) is 80.5 Å². The van der Waals surface area contributed by atoms with Crippen LogP contribution in [0.3, 0.4) is 0 Å². The van der Waals surface area contributed by atoms with E-state index in [2.05, 4.69) is 34.8 Å². The summed E-state index contributed by atoms with van der Waals surface area (Å²) in [5, 5.41) is 56.0. The molecule has 0 unspecified atom stereocenters. The van der Waals surface area contributed by atoms with Gasteiger partial charge in [0.25, 0.3) is 0 Å². The van der Waals surface area contributed by atoms with Crippen LogP contribution in [0.15, 0.2) is 54.4 Å². The SMILES string of the molecule is CC[C@H]1C#C[C@H]2C=C3CCc4cc(O)c(O[C@@H]5C[C@H](Cc6ccc[n-]6)c6ccnc(N)c6CSSC[C@H](CO)[C@H]5O)cc4[C@@H]3C[C@@H](O)[C@H]2[C@@H](OCCO)CCCC1. The molecular formula is C45H58N3O7S2-. The summed E-state index contributed by atoms with van der Waals surface area (Å²) in [4.78, 5) is 8.98. The number of aryl methyl sites for hydroxylation is 1. The number of hydrogen-bond acceptors (Lipinski definition) is 11. The lowest BCUT2D eigenvalue weighted by Gasteiger charge is -2.35. The number of pyridine rings is 1. The Hall–Kier alpha value is -3.15. The van der Waals surface area contributed by atoms with Gasteiger partial charge in [0, 0.05) is 59.5 Å². The molecule has 3 heterocycles. The fourth-order valence-electron chi connectivity index (χ4n) is 9.50. The van der Waals surface area contributed by atoms with Crippen LogP contribution < -0.4 is 15.5 Å². The predicted octanol–water partition coefficient (Wildman–Crippen LogP) is 6.29. The normalized spacial score (nSPS) is 30.7. The maximum absolute atomic E-state index is 12.2. The maximum atomic E-state index is 12.2. The van der Waals surface area contributed by atoms with E-state index >= 15 is 0 Å². The summed E-state index contributed by atoms with van der Waals surface area (Å²) in [6.07, 6.45) is 10.8. The third kappa shape index (κ3) is 9.84. The lowest BCUT2D eigenvalue weighted by atomic mass is 9.76. The molecule has 0 saturated heterocycles. The summed E-state index contributed by atoms with van der Waals surface area (Å²) < 4.78 is 13.1. The van der Waals surface area contributed by atoms with Crippen molar-refractivity contribution in [3.8, 4) is 23.3 Å². The highest BCUT2D eigenvalue weighted by Crippen LogP contribution is 2.49. The molecule has 12 heteroatoms. The lowest BCUT2D eigenvalue weighted by Crippen LogP contribution is -2.41. The molecular weight excluding hydrogens is 759 g/mol. The quantitative estimate of drug-likeness (QED) is 0.0812. The molecule has 0 bridgehead atoms. The van der Waals surface area contributed by atoms with Crippen LogP contribution in [0.25, 0.3) is 0 Å². The molecule has 1 aliphatic heterocycles. The Morgan fingerprint density at radius 2 is 1.88 bits per heavy atom. The zero-order valence-electron chi connectivity index (χ0n) is 32.8. The molecule has 0 amide bonds. The number of hydrogen-bond donors (Lipinski definition) is 6. The van der Waals surface area contributed by atoms with E-state index in [-0.39, 0.29) is 61.1 Å². The molecule has 0 fully saturated rings. The zero-order chi connectivity index (χ0) is 39.9. The summed E-state index contributed by atoms with van der Waals surface area (Å²) in [7, 11) is 3.20. The first-order valence-corrected chi connectivity index (χ1v) is 23.2. The van der Waals surface area contributed by atoms with Gasteiger partial charge in [0.1, 0.15) is 11.9 Å². The van der Waals surface area contributed by atoms with Gasteiger partial charge in [-0.25, -0.2) is 4.98 Å². The number of anilines is 1. The number of nitrogens with zero attached hydrogens (tertiary/aromatic N) is 2. The minimum absolute atomic E-state index is 0.00599. The highest BCUT2D eigenvalue weighted by atomic mass is 33.1. The van der Waals surface area contributed by atoms with Gasteiger partial charge in [0.05, 0.1) is 31.5 Å². The molecule has 0 spiro atoms.